The van der Waals surface area contributed by atoms with Crippen LogP contribution < -0.4 is 5.32 Å². The number of nitrogens with one attached hydrogen (secondary N) is 1. The predicted octanol–water partition coefficient (Wildman–Crippen LogP) is 3.11. The van der Waals surface area contributed by atoms with Crippen molar-refractivity contribution in [1.29, 1.82) is 0 Å². The van der Waals surface area contributed by atoms with E-state index in [-0.39, 0.29) is 11.3 Å². The van der Waals surface area contributed by atoms with Gasteiger partial charge in [-0.25, -0.2) is 9.59 Å². The second-order valence-electron chi connectivity index (χ2n) is 4.52. The number of hydrogen-bond donors (Lipinski definition) is 2. The number of anilines is 1. The van der Waals surface area contributed by atoms with Crippen molar-refractivity contribution in [1.82, 2.24) is 4.90 Å². The smallest absolute Gasteiger partial charge is 0.390 e. The van der Waals surface area contributed by atoms with Gasteiger partial charge in [-0.05, 0) is 18.6 Å². The lowest BCUT2D eigenvalue weighted by Crippen LogP contribution is -2.34. The van der Waals surface area contributed by atoms with Gasteiger partial charge in [0.1, 0.15) is 0 Å². The third-order valence-corrected chi connectivity index (χ3v) is 2.81. The molecule has 0 radical (unpaired) electrons. The number of urea groups is 1. The van der Waals surface area contributed by atoms with Gasteiger partial charge in [-0.15, -0.1) is 0 Å². The summed E-state index contributed by atoms with van der Waals surface area (Å²) in [5.74, 6) is -1.22. The summed E-state index contributed by atoms with van der Waals surface area (Å²) in [7, 11) is 1.21. The Balaban J connectivity index is 2.80. The molecule has 0 fully saturated rings. The molecule has 0 aliphatic rings. The molecule has 1 aromatic carbocycles. The van der Waals surface area contributed by atoms with Crippen molar-refractivity contribution in [2.24, 2.45) is 0 Å². The fourth-order valence-electron chi connectivity index (χ4n) is 1.66. The van der Waals surface area contributed by atoms with Gasteiger partial charge >= 0.3 is 18.2 Å². The summed E-state index contributed by atoms with van der Waals surface area (Å²) in [6, 6.07) is 3.69. The first-order chi connectivity index (χ1) is 9.61. The molecule has 0 spiro atoms. The van der Waals surface area contributed by atoms with Crippen molar-refractivity contribution in [3.05, 3.63) is 29.3 Å². The van der Waals surface area contributed by atoms with Crippen molar-refractivity contribution >= 4 is 17.7 Å². The highest BCUT2D eigenvalue weighted by molar-refractivity contribution is 6.01. The number of alkyl halides is 3. The summed E-state index contributed by atoms with van der Waals surface area (Å²) in [6.45, 7) is 1.05. The molecule has 2 amide bonds. The normalized spacial score (nSPS) is 11.1. The van der Waals surface area contributed by atoms with Crippen LogP contribution in [0.25, 0.3) is 0 Å². The van der Waals surface area contributed by atoms with Crippen LogP contribution in [0.3, 0.4) is 0 Å². The standard InChI is InChI=1S/C13H15F3N2O3/c1-8-4-3-5-9(10(8)11(19)20)17-12(21)18(2)7-6-13(14,15)16/h3-5H,6-7H2,1-2H3,(H,17,21)(H,19,20). The second-order valence-corrected chi connectivity index (χ2v) is 4.52. The van der Waals surface area contributed by atoms with Gasteiger partial charge < -0.3 is 15.3 Å². The molecule has 0 saturated carbocycles. The quantitative estimate of drug-likeness (QED) is 0.898. The van der Waals surface area contributed by atoms with Gasteiger partial charge in [0.2, 0.25) is 0 Å². The number of benzene rings is 1. The molecule has 0 aliphatic heterocycles. The lowest BCUT2D eigenvalue weighted by Gasteiger charge is -2.19. The minimum atomic E-state index is -4.36. The molecule has 0 saturated heterocycles. The van der Waals surface area contributed by atoms with Gasteiger partial charge in [0.15, 0.2) is 0 Å². The zero-order chi connectivity index (χ0) is 16.2. The minimum absolute atomic E-state index is 0.0476. The van der Waals surface area contributed by atoms with Gasteiger partial charge in [0.25, 0.3) is 0 Å². The maximum absolute atomic E-state index is 12.1. The van der Waals surface area contributed by atoms with E-state index in [9.17, 15) is 22.8 Å². The second kappa shape index (κ2) is 6.47. The molecule has 0 bridgehead atoms. The van der Waals surface area contributed by atoms with E-state index < -0.39 is 31.1 Å². The first kappa shape index (κ1) is 16.8. The highest BCUT2D eigenvalue weighted by atomic mass is 19.4. The number of aromatic carboxylic acids is 1. The molecular weight excluding hydrogens is 289 g/mol. The summed E-state index contributed by atoms with van der Waals surface area (Å²) >= 11 is 0. The third-order valence-electron chi connectivity index (χ3n) is 2.81. The number of carbonyl (C=O) groups is 2. The molecule has 8 heteroatoms. The summed E-state index contributed by atoms with van der Waals surface area (Å²) in [6.07, 6.45) is -5.49. The number of carboxylic acid groups (broad SMARTS) is 1. The fraction of sp³-hybridized carbons (Fsp3) is 0.385. The minimum Gasteiger partial charge on any atom is -0.478 e. The molecule has 0 heterocycles. The number of halogens is 3. The zero-order valence-corrected chi connectivity index (χ0v) is 11.5. The van der Waals surface area contributed by atoms with E-state index in [2.05, 4.69) is 5.32 Å². The van der Waals surface area contributed by atoms with Gasteiger partial charge in [-0.2, -0.15) is 13.2 Å². The van der Waals surface area contributed by atoms with Crippen LogP contribution in [-0.4, -0.2) is 41.8 Å². The highest BCUT2D eigenvalue weighted by Crippen LogP contribution is 2.21. The van der Waals surface area contributed by atoms with E-state index in [1.54, 1.807) is 19.1 Å². The Kier molecular flexibility index (Phi) is 5.17. The predicted molar refractivity (Wildman–Crippen MR) is 70.5 cm³/mol. The number of rotatable bonds is 4. The summed E-state index contributed by atoms with van der Waals surface area (Å²) in [5.41, 5.74) is 0.402. The Morgan fingerprint density at radius 3 is 2.48 bits per heavy atom. The fourth-order valence-corrected chi connectivity index (χ4v) is 1.66. The number of hydrogen-bond acceptors (Lipinski definition) is 2. The first-order valence-corrected chi connectivity index (χ1v) is 6.03. The molecule has 0 aliphatic carbocycles. The average Bonchev–Trinajstić information content (AvgIpc) is 2.34. The Morgan fingerprint density at radius 1 is 1.33 bits per heavy atom. The van der Waals surface area contributed by atoms with Crippen LogP contribution in [0.5, 0.6) is 0 Å². The zero-order valence-electron chi connectivity index (χ0n) is 11.5. The molecule has 1 rings (SSSR count). The lowest BCUT2D eigenvalue weighted by atomic mass is 10.1. The van der Waals surface area contributed by atoms with Gasteiger partial charge in [-0.1, -0.05) is 12.1 Å². The maximum atomic E-state index is 12.1. The molecule has 116 valence electrons. The highest BCUT2D eigenvalue weighted by Gasteiger charge is 2.28. The average molecular weight is 304 g/mol. The molecule has 1 aromatic rings. The van der Waals surface area contributed by atoms with E-state index in [4.69, 9.17) is 5.11 Å². The van der Waals surface area contributed by atoms with Crippen LogP contribution in [0.4, 0.5) is 23.7 Å². The Hall–Kier alpha value is -2.25. The Bertz CT molecular complexity index is 544. The Morgan fingerprint density at radius 2 is 1.95 bits per heavy atom. The molecule has 0 aromatic heterocycles. The van der Waals surface area contributed by atoms with Crippen molar-refractivity contribution in [2.75, 3.05) is 18.9 Å². The van der Waals surface area contributed by atoms with Crippen molar-refractivity contribution in [3.8, 4) is 0 Å². The van der Waals surface area contributed by atoms with E-state index >= 15 is 0 Å². The molecule has 5 nitrogen and oxygen atoms in total. The topological polar surface area (TPSA) is 69.6 Å². The molecular formula is C13H15F3N2O3. The van der Waals surface area contributed by atoms with E-state index in [1.165, 1.54) is 13.1 Å². The SMILES string of the molecule is Cc1cccc(NC(=O)N(C)CCC(F)(F)F)c1C(=O)O. The van der Waals surface area contributed by atoms with Crippen molar-refractivity contribution < 1.29 is 27.9 Å². The summed E-state index contributed by atoms with van der Waals surface area (Å²) < 4.78 is 36.3. The van der Waals surface area contributed by atoms with Crippen LogP contribution in [0.2, 0.25) is 0 Å². The van der Waals surface area contributed by atoms with Crippen LogP contribution in [0.1, 0.15) is 22.3 Å². The van der Waals surface area contributed by atoms with Crippen molar-refractivity contribution in [3.63, 3.8) is 0 Å². The van der Waals surface area contributed by atoms with Crippen molar-refractivity contribution in [2.45, 2.75) is 19.5 Å². The van der Waals surface area contributed by atoms with Crippen LogP contribution in [0.15, 0.2) is 18.2 Å². The Labute approximate surface area is 119 Å². The van der Waals surface area contributed by atoms with Gasteiger partial charge in [0.05, 0.1) is 17.7 Å². The van der Waals surface area contributed by atoms with E-state index in [1.807, 2.05) is 0 Å². The molecule has 0 atom stereocenters. The number of carbonyl (C=O) groups excluding carboxylic acids is 1. The summed E-state index contributed by atoms with van der Waals surface area (Å²) in [4.78, 5) is 23.8. The number of nitrogens with zero attached hydrogens (tertiary/aromatic N) is 1. The van der Waals surface area contributed by atoms with E-state index in [0.717, 1.165) is 4.90 Å². The molecule has 2 N–H and O–H groups in total. The van der Waals surface area contributed by atoms with Gasteiger partial charge in [0, 0.05) is 13.6 Å². The van der Waals surface area contributed by atoms with Crippen LogP contribution in [0, 0.1) is 6.92 Å². The van der Waals surface area contributed by atoms with Crippen LogP contribution >= 0.6 is 0 Å². The van der Waals surface area contributed by atoms with E-state index in [0.29, 0.717) is 5.56 Å². The molecule has 0 unspecified atom stereocenters. The number of carboxylic acids is 1. The summed E-state index contributed by atoms with van der Waals surface area (Å²) in [5, 5.41) is 11.4. The lowest BCUT2D eigenvalue weighted by molar-refractivity contribution is -0.135. The monoisotopic (exact) mass is 304 g/mol. The number of aryl methyl sites for hydroxylation is 1. The first-order valence-electron chi connectivity index (χ1n) is 6.03. The largest absolute Gasteiger partial charge is 0.478 e. The third kappa shape index (κ3) is 4.97. The van der Waals surface area contributed by atoms with Crippen LogP contribution in [-0.2, 0) is 0 Å². The maximum Gasteiger partial charge on any atom is 0.390 e. The number of amides is 2. The van der Waals surface area contributed by atoms with Gasteiger partial charge in [-0.3, -0.25) is 0 Å². The molecule has 21 heavy (non-hydrogen) atoms.